The first-order chi connectivity index (χ1) is 8.81. The minimum atomic E-state index is -3.88. The zero-order chi connectivity index (χ0) is 14.2. The van der Waals surface area contributed by atoms with Gasteiger partial charge in [0.15, 0.2) is 0 Å². The number of carboxylic acids is 1. The fourth-order valence-corrected chi connectivity index (χ4v) is 3.08. The third kappa shape index (κ3) is 3.10. The average molecular weight is 287 g/mol. The quantitative estimate of drug-likeness (QED) is 0.860. The van der Waals surface area contributed by atoms with E-state index in [1.54, 1.807) is 0 Å². The normalized spacial score (nSPS) is 15.5. The molecule has 7 heteroatoms. The van der Waals surface area contributed by atoms with Crippen molar-refractivity contribution in [2.75, 3.05) is 6.54 Å². The number of aromatic carboxylic acids is 1. The van der Waals surface area contributed by atoms with Gasteiger partial charge in [-0.15, -0.1) is 0 Å². The van der Waals surface area contributed by atoms with E-state index in [0.29, 0.717) is 12.5 Å². The predicted octanol–water partition coefficient (Wildman–Crippen LogP) is 1.52. The highest BCUT2D eigenvalue weighted by Crippen LogP contribution is 2.28. The van der Waals surface area contributed by atoms with Crippen LogP contribution in [0.25, 0.3) is 0 Å². The molecule has 104 valence electrons. The van der Waals surface area contributed by atoms with Gasteiger partial charge in [-0.05, 0) is 37.8 Å². The van der Waals surface area contributed by atoms with Gasteiger partial charge in [0.1, 0.15) is 5.82 Å². The first-order valence-electron chi connectivity index (χ1n) is 5.84. The molecule has 1 fully saturated rings. The largest absolute Gasteiger partial charge is 0.478 e. The molecular weight excluding hydrogens is 273 g/mol. The smallest absolute Gasteiger partial charge is 0.335 e. The van der Waals surface area contributed by atoms with Crippen LogP contribution in [-0.2, 0) is 10.0 Å². The standard InChI is InChI=1S/C12H14FNO4S/c1-7-10(13)4-9(12(15)16)5-11(7)19(17,18)14-6-8-2-3-8/h4-5,8,14H,2-3,6H2,1H3,(H,15,16). The minimum absolute atomic E-state index is 0.0757. The van der Waals surface area contributed by atoms with Crippen molar-refractivity contribution in [3.63, 3.8) is 0 Å². The first kappa shape index (κ1) is 14.0. The van der Waals surface area contributed by atoms with Crippen LogP contribution in [-0.4, -0.2) is 26.0 Å². The molecule has 1 aromatic rings. The summed E-state index contributed by atoms with van der Waals surface area (Å²) in [6.07, 6.45) is 1.95. The van der Waals surface area contributed by atoms with Crippen LogP contribution >= 0.6 is 0 Å². The summed E-state index contributed by atoms with van der Waals surface area (Å²) in [5.41, 5.74) is -0.455. The van der Waals surface area contributed by atoms with Crippen LogP contribution in [0.15, 0.2) is 17.0 Å². The number of hydrogen-bond acceptors (Lipinski definition) is 3. The number of benzene rings is 1. The number of carbonyl (C=O) groups is 1. The summed E-state index contributed by atoms with van der Waals surface area (Å²) >= 11 is 0. The summed E-state index contributed by atoms with van der Waals surface area (Å²) in [5, 5.41) is 8.84. The molecule has 2 N–H and O–H groups in total. The van der Waals surface area contributed by atoms with Crippen LogP contribution in [0.4, 0.5) is 4.39 Å². The zero-order valence-electron chi connectivity index (χ0n) is 10.3. The van der Waals surface area contributed by atoms with Gasteiger partial charge < -0.3 is 5.11 Å². The maximum atomic E-state index is 13.6. The van der Waals surface area contributed by atoms with Gasteiger partial charge >= 0.3 is 5.97 Å². The van der Waals surface area contributed by atoms with E-state index in [1.165, 1.54) is 6.92 Å². The molecule has 1 aliphatic rings. The summed E-state index contributed by atoms with van der Waals surface area (Å²) in [7, 11) is -3.88. The van der Waals surface area contributed by atoms with E-state index in [-0.39, 0.29) is 16.0 Å². The van der Waals surface area contributed by atoms with E-state index in [1.807, 2.05) is 0 Å². The highest BCUT2D eigenvalue weighted by molar-refractivity contribution is 7.89. The lowest BCUT2D eigenvalue weighted by Gasteiger charge is -2.10. The molecule has 0 aromatic heterocycles. The maximum absolute atomic E-state index is 13.6. The Morgan fingerprint density at radius 1 is 1.47 bits per heavy atom. The predicted molar refractivity (Wildman–Crippen MR) is 66.0 cm³/mol. The molecule has 1 aromatic carbocycles. The maximum Gasteiger partial charge on any atom is 0.335 e. The Kier molecular flexibility index (Phi) is 3.60. The lowest BCUT2D eigenvalue weighted by Crippen LogP contribution is -2.27. The number of rotatable bonds is 5. The lowest BCUT2D eigenvalue weighted by atomic mass is 10.1. The van der Waals surface area contributed by atoms with Gasteiger partial charge in [0.2, 0.25) is 10.0 Å². The Bertz CT molecular complexity index is 623. The summed E-state index contributed by atoms with van der Waals surface area (Å²) in [4.78, 5) is 10.5. The third-order valence-corrected chi connectivity index (χ3v) is 4.64. The van der Waals surface area contributed by atoms with Crippen molar-refractivity contribution >= 4 is 16.0 Å². The number of hydrogen-bond donors (Lipinski definition) is 2. The van der Waals surface area contributed by atoms with Gasteiger partial charge in [-0.3, -0.25) is 0 Å². The Balaban J connectivity index is 2.38. The van der Waals surface area contributed by atoms with E-state index in [2.05, 4.69) is 4.72 Å². The van der Waals surface area contributed by atoms with Gasteiger partial charge in [-0.1, -0.05) is 0 Å². The highest BCUT2D eigenvalue weighted by atomic mass is 32.2. The van der Waals surface area contributed by atoms with Crippen LogP contribution in [0.2, 0.25) is 0 Å². The van der Waals surface area contributed by atoms with E-state index in [0.717, 1.165) is 25.0 Å². The molecule has 1 saturated carbocycles. The Morgan fingerprint density at radius 2 is 2.11 bits per heavy atom. The molecule has 1 aliphatic carbocycles. The molecule has 19 heavy (non-hydrogen) atoms. The Hall–Kier alpha value is -1.47. The van der Waals surface area contributed by atoms with Crippen LogP contribution in [0.5, 0.6) is 0 Å². The molecule has 0 heterocycles. The zero-order valence-corrected chi connectivity index (χ0v) is 11.1. The Morgan fingerprint density at radius 3 is 2.63 bits per heavy atom. The van der Waals surface area contributed by atoms with Crippen LogP contribution in [0, 0.1) is 18.7 Å². The fourth-order valence-electron chi connectivity index (χ4n) is 1.68. The number of nitrogens with one attached hydrogen (secondary N) is 1. The second kappa shape index (κ2) is 4.90. The topological polar surface area (TPSA) is 83.5 Å². The summed E-state index contributed by atoms with van der Waals surface area (Å²) in [6, 6.07) is 1.80. The van der Waals surface area contributed by atoms with E-state index in [4.69, 9.17) is 5.11 Å². The van der Waals surface area contributed by atoms with Crippen molar-refractivity contribution in [3.8, 4) is 0 Å². The van der Waals surface area contributed by atoms with Gasteiger partial charge in [-0.25, -0.2) is 22.3 Å². The summed E-state index contributed by atoms with van der Waals surface area (Å²) in [6.45, 7) is 1.62. The summed E-state index contributed by atoms with van der Waals surface area (Å²) in [5.74, 6) is -1.87. The lowest BCUT2D eigenvalue weighted by molar-refractivity contribution is 0.0696. The molecule has 2 rings (SSSR count). The van der Waals surface area contributed by atoms with Gasteiger partial charge in [0, 0.05) is 12.1 Å². The van der Waals surface area contributed by atoms with Gasteiger partial charge in [-0.2, -0.15) is 0 Å². The van der Waals surface area contributed by atoms with Crippen molar-refractivity contribution in [1.29, 1.82) is 0 Å². The van der Waals surface area contributed by atoms with Gasteiger partial charge in [0.25, 0.3) is 0 Å². The molecule has 0 bridgehead atoms. The van der Waals surface area contributed by atoms with E-state index < -0.39 is 21.8 Å². The van der Waals surface area contributed by atoms with Crippen molar-refractivity contribution in [3.05, 3.63) is 29.1 Å². The number of sulfonamides is 1. The van der Waals surface area contributed by atoms with Crippen molar-refractivity contribution in [2.24, 2.45) is 5.92 Å². The second-order valence-electron chi connectivity index (χ2n) is 4.68. The van der Waals surface area contributed by atoms with Crippen LogP contribution < -0.4 is 4.72 Å². The molecule has 0 amide bonds. The molecule has 0 spiro atoms. The van der Waals surface area contributed by atoms with Crippen molar-refractivity contribution in [1.82, 2.24) is 4.72 Å². The monoisotopic (exact) mass is 287 g/mol. The molecule has 0 unspecified atom stereocenters. The Labute approximate surface area is 110 Å². The van der Waals surface area contributed by atoms with E-state index in [9.17, 15) is 17.6 Å². The van der Waals surface area contributed by atoms with Gasteiger partial charge in [0.05, 0.1) is 10.5 Å². The molecule has 5 nitrogen and oxygen atoms in total. The SMILES string of the molecule is Cc1c(F)cc(C(=O)O)cc1S(=O)(=O)NCC1CC1. The molecule has 0 saturated heterocycles. The molecule has 0 atom stereocenters. The molecule has 0 aliphatic heterocycles. The fraction of sp³-hybridized carbons (Fsp3) is 0.417. The number of carboxylic acid groups (broad SMARTS) is 1. The first-order valence-corrected chi connectivity index (χ1v) is 7.32. The summed E-state index contributed by atoms with van der Waals surface area (Å²) < 4.78 is 40.1. The van der Waals surface area contributed by atoms with Crippen LogP contribution in [0.1, 0.15) is 28.8 Å². The van der Waals surface area contributed by atoms with Crippen molar-refractivity contribution < 1.29 is 22.7 Å². The second-order valence-corrected chi connectivity index (χ2v) is 6.42. The van der Waals surface area contributed by atoms with E-state index >= 15 is 0 Å². The average Bonchev–Trinajstić information content (AvgIpc) is 3.13. The minimum Gasteiger partial charge on any atom is -0.478 e. The van der Waals surface area contributed by atoms with Crippen LogP contribution in [0.3, 0.4) is 0 Å². The molecule has 0 radical (unpaired) electrons. The third-order valence-electron chi connectivity index (χ3n) is 3.09. The molecular formula is C12H14FNO4S. The van der Waals surface area contributed by atoms with Crippen molar-refractivity contribution in [2.45, 2.75) is 24.7 Å². The highest BCUT2D eigenvalue weighted by Gasteiger charge is 2.26. The number of halogens is 1.